The molecule has 33 heavy (non-hydrogen) atoms. The monoisotopic (exact) mass is 442 g/mol. The summed E-state index contributed by atoms with van der Waals surface area (Å²) in [5.41, 5.74) is 5.13. The normalized spacial score (nSPS) is 13.5. The molecule has 4 rings (SSSR count). The highest BCUT2D eigenvalue weighted by atomic mass is 16.5. The summed E-state index contributed by atoms with van der Waals surface area (Å²) in [4.78, 5) is 28.7. The maximum atomic E-state index is 13.8. The summed E-state index contributed by atoms with van der Waals surface area (Å²) in [5, 5.41) is 3.25. The lowest BCUT2D eigenvalue weighted by Gasteiger charge is -2.19. The van der Waals surface area contributed by atoms with Crippen molar-refractivity contribution in [2.24, 2.45) is 0 Å². The number of carbonyl (C=O) groups excluding carboxylic acids is 2. The van der Waals surface area contributed by atoms with E-state index in [0.29, 0.717) is 22.7 Å². The van der Waals surface area contributed by atoms with Gasteiger partial charge in [-0.05, 0) is 61.7 Å². The smallest absolute Gasteiger partial charge is 0.282 e. The zero-order valence-electron chi connectivity index (χ0n) is 19.4. The lowest BCUT2D eigenvalue weighted by molar-refractivity contribution is -0.120. The van der Waals surface area contributed by atoms with Crippen LogP contribution in [-0.4, -0.2) is 26.0 Å². The molecule has 0 unspecified atom stereocenters. The fraction of sp³-hybridized carbons (Fsp3) is 0.185. The molecule has 0 spiro atoms. The Balaban J connectivity index is 1.92. The number of imide groups is 1. The van der Waals surface area contributed by atoms with E-state index in [9.17, 15) is 9.59 Å². The molecule has 6 heteroatoms. The van der Waals surface area contributed by atoms with Crippen molar-refractivity contribution in [3.05, 3.63) is 88.6 Å². The van der Waals surface area contributed by atoms with E-state index in [1.807, 2.05) is 57.2 Å². The number of nitrogens with zero attached hydrogens (tertiary/aromatic N) is 1. The predicted octanol–water partition coefficient (Wildman–Crippen LogP) is 5.03. The topological polar surface area (TPSA) is 67.9 Å². The number of nitrogens with one attached hydrogen (secondary N) is 1. The Morgan fingerprint density at radius 2 is 1.52 bits per heavy atom. The van der Waals surface area contributed by atoms with Crippen LogP contribution in [0.25, 0.3) is 5.57 Å². The molecular formula is C27H26N2O4. The van der Waals surface area contributed by atoms with Crippen LogP contribution in [0.3, 0.4) is 0 Å². The first-order valence-corrected chi connectivity index (χ1v) is 10.6. The molecule has 1 aliphatic heterocycles. The first-order chi connectivity index (χ1) is 15.9. The molecule has 0 radical (unpaired) electrons. The quantitative estimate of drug-likeness (QED) is 0.543. The number of hydrogen-bond donors (Lipinski definition) is 1. The predicted molar refractivity (Wildman–Crippen MR) is 130 cm³/mol. The van der Waals surface area contributed by atoms with Crippen LogP contribution in [0.15, 0.2) is 66.4 Å². The third-order valence-electron chi connectivity index (χ3n) is 5.90. The Bertz CT molecular complexity index is 1290. The van der Waals surface area contributed by atoms with Gasteiger partial charge in [0.25, 0.3) is 11.8 Å². The van der Waals surface area contributed by atoms with Gasteiger partial charge in [0, 0.05) is 11.3 Å². The number of rotatable bonds is 6. The molecule has 3 aromatic carbocycles. The number of anilines is 2. The Morgan fingerprint density at radius 3 is 2.24 bits per heavy atom. The van der Waals surface area contributed by atoms with Crippen molar-refractivity contribution in [2.75, 3.05) is 24.4 Å². The Kier molecular flexibility index (Phi) is 5.92. The molecule has 2 amide bonds. The molecule has 1 heterocycles. The van der Waals surface area contributed by atoms with Gasteiger partial charge in [-0.15, -0.1) is 0 Å². The van der Waals surface area contributed by atoms with E-state index < -0.39 is 11.8 Å². The van der Waals surface area contributed by atoms with Crippen molar-refractivity contribution in [3.8, 4) is 11.5 Å². The molecule has 0 fully saturated rings. The van der Waals surface area contributed by atoms with Gasteiger partial charge >= 0.3 is 0 Å². The third-order valence-corrected chi connectivity index (χ3v) is 5.90. The maximum Gasteiger partial charge on any atom is 0.282 e. The number of aryl methyl sites for hydroxylation is 2. The van der Waals surface area contributed by atoms with Crippen molar-refractivity contribution in [1.29, 1.82) is 0 Å². The summed E-state index contributed by atoms with van der Waals surface area (Å²) in [6.07, 6.45) is 0. The van der Waals surface area contributed by atoms with Crippen molar-refractivity contribution in [3.63, 3.8) is 0 Å². The second kappa shape index (κ2) is 8.82. The Labute approximate surface area is 193 Å². The highest BCUT2D eigenvalue weighted by Crippen LogP contribution is 2.40. The summed E-state index contributed by atoms with van der Waals surface area (Å²) in [6.45, 7) is 5.88. The first kappa shape index (κ1) is 22.1. The Morgan fingerprint density at radius 1 is 0.788 bits per heavy atom. The summed E-state index contributed by atoms with van der Waals surface area (Å²) in [6, 6.07) is 18.4. The number of para-hydroxylation sites is 1. The molecule has 0 aliphatic carbocycles. The molecule has 0 saturated heterocycles. The Hall–Kier alpha value is -4.06. The lowest BCUT2D eigenvalue weighted by atomic mass is 10.0. The van der Waals surface area contributed by atoms with Gasteiger partial charge in [-0.1, -0.05) is 36.4 Å². The van der Waals surface area contributed by atoms with Gasteiger partial charge in [-0.3, -0.25) is 9.59 Å². The van der Waals surface area contributed by atoms with Gasteiger partial charge in [-0.2, -0.15) is 0 Å². The second-order valence-corrected chi connectivity index (χ2v) is 7.94. The fourth-order valence-corrected chi connectivity index (χ4v) is 3.96. The van der Waals surface area contributed by atoms with Crippen LogP contribution in [0.2, 0.25) is 0 Å². The van der Waals surface area contributed by atoms with E-state index >= 15 is 0 Å². The third kappa shape index (κ3) is 3.84. The second-order valence-electron chi connectivity index (χ2n) is 7.94. The average Bonchev–Trinajstić information content (AvgIpc) is 3.05. The van der Waals surface area contributed by atoms with Crippen LogP contribution in [0.1, 0.15) is 22.3 Å². The number of benzene rings is 3. The van der Waals surface area contributed by atoms with Crippen LogP contribution < -0.4 is 19.7 Å². The number of carbonyl (C=O) groups is 2. The summed E-state index contributed by atoms with van der Waals surface area (Å²) < 4.78 is 11.0. The summed E-state index contributed by atoms with van der Waals surface area (Å²) >= 11 is 0. The minimum absolute atomic E-state index is 0.196. The lowest BCUT2D eigenvalue weighted by Crippen LogP contribution is -2.32. The van der Waals surface area contributed by atoms with Gasteiger partial charge in [-0.25, -0.2) is 4.90 Å². The largest absolute Gasteiger partial charge is 0.496 e. The van der Waals surface area contributed by atoms with Crippen LogP contribution in [-0.2, 0) is 9.59 Å². The van der Waals surface area contributed by atoms with Crippen molar-refractivity contribution < 1.29 is 19.1 Å². The minimum Gasteiger partial charge on any atom is -0.496 e. The highest BCUT2D eigenvalue weighted by molar-refractivity contribution is 6.46. The average molecular weight is 443 g/mol. The van der Waals surface area contributed by atoms with Gasteiger partial charge in [0.2, 0.25) is 0 Å². The minimum atomic E-state index is -0.453. The molecule has 0 aromatic heterocycles. The standard InChI is InChI=1S/C27H26N2O4/c1-16-13-14-23(33-5)21(15-16)29-26(30)24(19-10-6-7-12-22(19)32-4)25(27(29)31)28-20-11-8-9-17(2)18(20)3/h6-15,28H,1-5H3. The van der Waals surface area contributed by atoms with Crippen LogP contribution >= 0.6 is 0 Å². The molecule has 0 saturated carbocycles. The molecule has 3 aromatic rings. The summed E-state index contributed by atoms with van der Waals surface area (Å²) in [7, 11) is 3.06. The molecule has 0 atom stereocenters. The fourth-order valence-electron chi connectivity index (χ4n) is 3.96. The first-order valence-electron chi connectivity index (χ1n) is 10.6. The maximum absolute atomic E-state index is 13.8. The van der Waals surface area contributed by atoms with Crippen LogP contribution in [0.4, 0.5) is 11.4 Å². The molecule has 0 bridgehead atoms. The number of methoxy groups -OCH3 is 2. The number of hydrogen-bond acceptors (Lipinski definition) is 5. The van der Waals surface area contributed by atoms with Crippen molar-refractivity contribution in [1.82, 2.24) is 0 Å². The van der Waals surface area contributed by atoms with Gasteiger partial charge < -0.3 is 14.8 Å². The SMILES string of the molecule is COc1ccccc1C1=C(Nc2cccc(C)c2C)C(=O)N(c2cc(C)ccc2OC)C1=O. The van der Waals surface area contributed by atoms with Crippen LogP contribution in [0, 0.1) is 20.8 Å². The molecule has 1 aliphatic rings. The number of ether oxygens (including phenoxy) is 2. The van der Waals surface area contributed by atoms with Gasteiger partial charge in [0.1, 0.15) is 17.2 Å². The highest BCUT2D eigenvalue weighted by Gasteiger charge is 2.42. The van der Waals surface area contributed by atoms with E-state index in [-0.39, 0.29) is 11.3 Å². The molecular weight excluding hydrogens is 416 g/mol. The molecule has 1 N–H and O–H groups in total. The zero-order chi connectivity index (χ0) is 23.7. The summed E-state index contributed by atoms with van der Waals surface area (Å²) in [5.74, 6) is 0.0496. The molecule has 6 nitrogen and oxygen atoms in total. The van der Waals surface area contributed by atoms with Gasteiger partial charge in [0.15, 0.2) is 0 Å². The van der Waals surface area contributed by atoms with E-state index in [1.165, 1.54) is 12.0 Å². The van der Waals surface area contributed by atoms with E-state index in [0.717, 1.165) is 22.4 Å². The van der Waals surface area contributed by atoms with E-state index in [4.69, 9.17) is 9.47 Å². The van der Waals surface area contributed by atoms with Crippen LogP contribution in [0.5, 0.6) is 11.5 Å². The zero-order valence-corrected chi connectivity index (χ0v) is 19.4. The molecule has 168 valence electrons. The van der Waals surface area contributed by atoms with Crippen molar-refractivity contribution >= 4 is 28.8 Å². The van der Waals surface area contributed by atoms with E-state index in [1.54, 1.807) is 31.4 Å². The van der Waals surface area contributed by atoms with Crippen molar-refractivity contribution in [2.45, 2.75) is 20.8 Å². The van der Waals surface area contributed by atoms with Gasteiger partial charge in [0.05, 0.1) is 25.5 Å². The number of amides is 2. The van der Waals surface area contributed by atoms with E-state index in [2.05, 4.69) is 5.32 Å².